The van der Waals surface area contributed by atoms with Crippen LogP contribution in [0.3, 0.4) is 0 Å². The van der Waals surface area contributed by atoms with Crippen LogP contribution in [-0.4, -0.2) is 36.4 Å². The summed E-state index contributed by atoms with van der Waals surface area (Å²) < 4.78 is 27.0. The van der Waals surface area contributed by atoms with Crippen LogP contribution in [0.15, 0.2) is 41.6 Å². The Morgan fingerprint density at radius 1 is 1.25 bits per heavy atom. The molecule has 0 spiro atoms. The van der Waals surface area contributed by atoms with Gasteiger partial charge in [0, 0.05) is 39.2 Å². The lowest BCUT2D eigenvalue weighted by molar-refractivity contribution is 0.521. The summed E-state index contributed by atoms with van der Waals surface area (Å²) in [6.07, 6.45) is 3.62. The van der Waals surface area contributed by atoms with Crippen molar-refractivity contribution in [2.24, 2.45) is 7.05 Å². The fourth-order valence-electron chi connectivity index (χ4n) is 1.70. The summed E-state index contributed by atoms with van der Waals surface area (Å²) in [6, 6.07) is 6.69. The SMILES string of the molecule is CN(C)S(=O)(=O)c1ccc(NCc2nccn2C)cc1. The van der Waals surface area contributed by atoms with Crippen LogP contribution >= 0.6 is 0 Å². The third kappa shape index (κ3) is 3.00. The second kappa shape index (κ2) is 5.64. The Balaban J connectivity index is 2.08. The molecule has 0 bridgehead atoms. The van der Waals surface area contributed by atoms with Gasteiger partial charge in [-0.2, -0.15) is 0 Å². The van der Waals surface area contributed by atoms with Crippen molar-refractivity contribution in [1.82, 2.24) is 13.9 Å². The van der Waals surface area contributed by atoms with E-state index < -0.39 is 10.0 Å². The van der Waals surface area contributed by atoms with Crippen LogP contribution in [0.5, 0.6) is 0 Å². The molecule has 0 fully saturated rings. The van der Waals surface area contributed by atoms with E-state index in [0.717, 1.165) is 11.5 Å². The molecule has 0 aliphatic carbocycles. The zero-order valence-corrected chi connectivity index (χ0v) is 12.6. The summed E-state index contributed by atoms with van der Waals surface area (Å²) in [5, 5.41) is 3.20. The Labute approximate surface area is 119 Å². The number of hydrogen-bond donors (Lipinski definition) is 1. The third-order valence-corrected chi connectivity index (χ3v) is 4.83. The Hall–Kier alpha value is -1.86. The van der Waals surface area contributed by atoms with Gasteiger partial charge in [-0.25, -0.2) is 17.7 Å². The van der Waals surface area contributed by atoms with Crippen molar-refractivity contribution in [3.05, 3.63) is 42.5 Å². The van der Waals surface area contributed by atoms with Crippen LogP contribution in [0.1, 0.15) is 5.82 Å². The summed E-state index contributed by atoms with van der Waals surface area (Å²) in [4.78, 5) is 4.49. The van der Waals surface area contributed by atoms with Gasteiger partial charge in [-0.05, 0) is 24.3 Å². The lowest BCUT2D eigenvalue weighted by Crippen LogP contribution is -2.22. The second-order valence-corrected chi connectivity index (χ2v) is 6.77. The summed E-state index contributed by atoms with van der Waals surface area (Å²) in [6.45, 7) is 0.587. The molecule has 1 aromatic heterocycles. The Morgan fingerprint density at radius 2 is 1.90 bits per heavy atom. The molecule has 108 valence electrons. The number of nitrogens with one attached hydrogen (secondary N) is 1. The Kier molecular flexibility index (Phi) is 4.10. The first kappa shape index (κ1) is 14.5. The molecular weight excluding hydrogens is 276 g/mol. The van der Waals surface area contributed by atoms with E-state index in [1.165, 1.54) is 18.4 Å². The highest BCUT2D eigenvalue weighted by molar-refractivity contribution is 7.89. The molecule has 1 N–H and O–H groups in total. The molecule has 0 aliphatic rings. The van der Waals surface area contributed by atoms with E-state index in [-0.39, 0.29) is 4.90 Å². The summed E-state index contributed by atoms with van der Waals surface area (Å²) >= 11 is 0. The van der Waals surface area contributed by atoms with Gasteiger partial charge in [0.15, 0.2) is 0 Å². The van der Waals surface area contributed by atoms with Crippen molar-refractivity contribution in [2.45, 2.75) is 11.4 Å². The van der Waals surface area contributed by atoms with Crippen LogP contribution in [0, 0.1) is 0 Å². The number of sulfonamides is 1. The lowest BCUT2D eigenvalue weighted by Gasteiger charge is -2.12. The zero-order chi connectivity index (χ0) is 14.8. The van der Waals surface area contributed by atoms with Gasteiger partial charge < -0.3 is 9.88 Å². The molecule has 20 heavy (non-hydrogen) atoms. The number of rotatable bonds is 5. The van der Waals surface area contributed by atoms with Crippen molar-refractivity contribution in [3.63, 3.8) is 0 Å². The maximum Gasteiger partial charge on any atom is 0.242 e. The molecule has 0 unspecified atom stereocenters. The van der Waals surface area contributed by atoms with Crippen molar-refractivity contribution in [2.75, 3.05) is 19.4 Å². The lowest BCUT2D eigenvalue weighted by atomic mass is 10.3. The molecular formula is C13H18N4O2S. The number of benzene rings is 1. The van der Waals surface area contributed by atoms with Gasteiger partial charge in [0.1, 0.15) is 5.82 Å². The molecule has 0 aliphatic heterocycles. The molecule has 2 aromatic rings. The van der Waals surface area contributed by atoms with Crippen LogP contribution in [0.2, 0.25) is 0 Å². The van der Waals surface area contributed by atoms with Gasteiger partial charge in [-0.3, -0.25) is 0 Å². The molecule has 2 rings (SSSR count). The standard InChI is InChI=1S/C13H18N4O2S/c1-16(2)20(18,19)12-6-4-11(5-7-12)15-10-13-14-8-9-17(13)3/h4-9,15H,10H2,1-3H3. The van der Waals surface area contributed by atoms with Crippen molar-refractivity contribution < 1.29 is 8.42 Å². The first-order valence-electron chi connectivity index (χ1n) is 6.14. The monoisotopic (exact) mass is 294 g/mol. The van der Waals surface area contributed by atoms with E-state index in [1.54, 1.807) is 30.5 Å². The molecule has 0 saturated carbocycles. The molecule has 1 aromatic carbocycles. The van der Waals surface area contributed by atoms with E-state index in [9.17, 15) is 8.42 Å². The molecule has 6 nitrogen and oxygen atoms in total. The highest BCUT2D eigenvalue weighted by atomic mass is 32.2. The normalized spacial score (nSPS) is 11.8. The van der Waals surface area contributed by atoms with E-state index in [1.807, 2.05) is 17.8 Å². The van der Waals surface area contributed by atoms with Gasteiger partial charge >= 0.3 is 0 Å². The first-order valence-corrected chi connectivity index (χ1v) is 7.58. The minimum atomic E-state index is -3.37. The van der Waals surface area contributed by atoms with Gasteiger partial charge in [0.2, 0.25) is 10.0 Å². The average Bonchev–Trinajstić information content (AvgIpc) is 2.82. The summed E-state index contributed by atoms with van der Waals surface area (Å²) in [5.74, 6) is 0.912. The number of nitrogens with zero attached hydrogens (tertiary/aromatic N) is 3. The topological polar surface area (TPSA) is 67.2 Å². The highest BCUT2D eigenvalue weighted by Gasteiger charge is 2.16. The molecule has 0 amide bonds. The van der Waals surface area contributed by atoms with Crippen molar-refractivity contribution in [1.29, 1.82) is 0 Å². The quantitative estimate of drug-likeness (QED) is 0.902. The fourth-order valence-corrected chi connectivity index (χ4v) is 2.61. The van der Waals surface area contributed by atoms with E-state index in [0.29, 0.717) is 6.54 Å². The maximum absolute atomic E-state index is 11.9. The van der Waals surface area contributed by atoms with Gasteiger partial charge in [-0.1, -0.05) is 0 Å². The second-order valence-electron chi connectivity index (χ2n) is 4.62. The van der Waals surface area contributed by atoms with Crippen LogP contribution in [0.25, 0.3) is 0 Å². The Morgan fingerprint density at radius 3 is 2.40 bits per heavy atom. The summed E-state index contributed by atoms with van der Waals surface area (Å²) in [5.41, 5.74) is 0.853. The minimum absolute atomic E-state index is 0.282. The molecule has 1 heterocycles. The van der Waals surface area contributed by atoms with E-state index >= 15 is 0 Å². The average molecular weight is 294 g/mol. The highest BCUT2D eigenvalue weighted by Crippen LogP contribution is 2.16. The maximum atomic E-state index is 11.9. The predicted octanol–water partition coefficient (Wildman–Crippen LogP) is 1.28. The fraction of sp³-hybridized carbons (Fsp3) is 0.308. The Bertz CT molecular complexity index is 675. The number of imidazole rings is 1. The van der Waals surface area contributed by atoms with E-state index in [2.05, 4.69) is 10.3 Å². The van der Waals surface area contributed by atoms with Crippen LogP contribution in [0.4, 0.5) is 5.69 Å². The number of anilines is 1. The zero-order valence-electron chi connectivity index (χ0n) is 11.7. The first-order chi connectivity index (χ1) is 9.41. The smallest absolute Gasteiger partial charge is 0.242 e. The molecule has 0 saturated heterocycles. The van der Waals surface area contributed by atoms with Gasteiger partial charge in [0.25, 0.3) is 0 Å². The predicted molar refractivity (Wildman–Crippen MR) is 77.8 cm³/mol. The van der Waals surface area contributed by atoms with Crippen molar-refractivity contribution in [3.8, 4) is 0 Å². The van der Waals surface area contributed by atoms with Gasteiger partial charge in [0.05, 0.1) is 11.4 Å². The third-order valence-electron chi connectivity index (χ3n) is 3.00. The minimum Gasteiger partial charge on any atom is -0.378 e. The molecule has 0 radical (unpaired) electrons. The van der Waals surface area contributed by atoms with Crippen LogP contribution in [-0.2, 0) is 23.6 Å². The van der Waals surface area contributed by atoms with E-state index in [4.69, 9.17) is 0 Å². The number of hydrogen-bond acceptors (Lipinski definition) is 4. The van der Waals surface area contributed by atoms with Crippen molar-refractivity contribution >= 4 is 15.7 Å². The molecule has 0 atom stereocenters. The molecule has 7 heteroatoms. The van der Waals surface area contributed by atoms with Crippen LogP contribution < -0.4 is 5.32 Å². The number of aryl methyl sites for hydroxylation is 1. The summed E-state index contributed by atoms with van der Waals surface area (Å²) in [7, 11) is 1.59. The largest absolute Gasteiger partial charge is 0.378 e. The number of aromatic nitrogens is 2. The van der Waals surface area contributed by atoms with Gasteiger partial charge in [-0.15, -0.1) is 0 Å².